The van der Waals surface area contributed by atoms with Gasteiger partial charge in [-0.05, 0) is 0 Å². The number of aromatic nitrogens is 4. The maximum Gasteiger partial charge on any atom is 0.313 e. The molecule has 3 rings (SSSR count). The van der Waals surface area contributed by atoms with Gasteiger partial charge in [0.15, 0.2) is 6.33 Å². The summed E-state index contributed by atoms with van der Waals surface area (Å²) in [6, 6.07) is 0. The summed E-state index contributed by atoms with van der Waals surface area (Å²) in [6.07, 6.45) is -4.57. The van der Waals surface area contributed by atoms with Crippen LogP contribution in [0.15, 0.2) is 11.1 Å². The molecule has 0 radical (unpaired) electrons. The SMILES string of the molecule is Cn1c[n+]([C@@H]2O[C@H](COP(=O)([O-])OP([O-])([O-])=S)[C@@H](O)[C@H]2O)c2nc(N)[nH]c(=O)c21. The fourth-order valence-corrected chi connectivity index (χ4v) is 5.10. The number of rotatable bonds is 6. The van der Waals surface area contributed by atoms with Crippen molar-refractivity contribution in [2.45, 2.75) is 24.5 Å². The van der Waals surface area contributed by atoms with E-state index in [1.165, 1.54) is 22.5 Å². The molecule has 0 saturated carbocycles. The monoisotopic (exact) mass is 471 g/mol. The summed E-state index contributed by atoms with van der Waals surface area (Å²) in [7, 11) is -3.82. The number of phosphoric acid groups is 1. The van der Waals surface area contributed by atoms with Crippen LogP contribution in [0.5, 0.6) is 0 Å². The maximum absolute atomic E-state index is 12.1. The molecule has 0 spiro atoms. The van der Waals surface area contributed by atoms with Crippen LogP contribution in [0.4, 0.5) is 5.95 Å². The van der Waals surface area contributed by atoms with Crippen molar-refractivity contribution in [2.24, 2.45) is 7.05 Å². The van der Waals surface area contributed by atoms with E-state index in [1.807, 2.05) is 0 Å². The number of aromatic amines is 1. The smallest absolute Gasteiger partial charge is 0.313 e. The van der Waals surface area contributed by atoms with E-state index in [1.54, 1.807) is 0 Å². The van der Waals surface area contributed by atoms with Crippen molar-refractivity contribution in [2.75, 3.05) is 12.3 Å². The lowest BCUT2D eigenvalue weighted by Crippen LogP contribution is -2.46. The van der Waals surface area contributed by atoms with E-state index < -0.39 is 51.2 Å². The quantitative estimate of drug-likeness (QED) is 0.229. The van der Waals surface area contributed by atoms with E-state index in [9.17, 15) is 34.3 Å². The van der Waals surface area contributed by atoms with Gasteiger partial charge >= 0.3 is 5.65 Å². The Balaban J connectivity index is 1.84. The Hall–Kier alpha value is -1.29. The molecule has 2 aromatic rings. The van der Waals surface area contributed by atoms with Crippen LogP contribution >= 0.6 is 14.5 Å². The predicted molar refractivity (Wildman–Crippen MR) is 90.8 cm³/mol. The van der Waals surface area contributed by atoms with E-state index in [4.69, 9.17) is 10.5 Å². The van der Waals surface area contributed by atoms with E-state index in [0.717, 1.165) is 0 Å². The number of fused-ring (bicyclic) bond motifs is 1. The lowest BCUT2D eigenvalue weighted by atomic mass is 10.1. The van der Waals surface area contributed by atoms with Gasteiger partial charge in [-0.1, -0.05) is 11.7 Å². The van der Waals surface area contributed by atoms with Crippen LogP contribution in [-0.2, 0) is 37.0 Å². The fourth-order valence-electron chi connectivity index (χ4n) is 2.86. The van der Waals surface area contributed by atoms with Crippen molar-refractivity contribution in [3.63, 3.8) is 0 Å². The molecule has 3 heterocycles. The number of nitrogens with zero attached hydrogens (tertiary/aromatic N) is 3. The first-order chi connectivity index (χ1) is 13.3. The Kier molecular flexibility index (Phi) is 5.99. The topological polar surface area (TPSA) is 235 Å². The molecule has 2 aromatic heterocycles. The van der Waals surface area contributed by atoms with Gasteiger partial charge in [0, 0.05) is 0 Å². The number of ether oxygens (including phenoxy) is 1. The van der Waals surface area contributed by atoms with Gasteiger partial charge in [-0.15, -0.1) is 11.8 Å². The molecule has 0 aromatic carbocycles. The lowest BCUT2D eigenvalue weighted by molar-refractivity contribution is -0.745. The molecule has 15 nitrogen and oxygen atoms in total. The third-order valence-electron chi connectivity index (χ3n) is 4.00. The van der Waals surface area contributed by atoms with Gasteiger partial charge in [-0.2, -0.15) is 0 Å². The minimum atomic E-state index is -5.34. The van der Waals surface area contributed by atoms with Gasteiger partial charge in [0.2, 0.25) is 11.7 Å². The number of nitrogen functional groups attached to an aromatic ring is 1. The number of hydrogen-bond acceptors (Lipinski definition) is 13. The minimum absolute atomic E-state index is 0.0304. The van der Waals surface area contributed by atoms with E-state index in [0.29, 0.717) is 0 Å². The highest BCUT2D eigenvalue weighted by atomic mass is 32.5. The number of H-pyrrole nitrogens is 1. The molecule has 1 aliphatic heterocycles. The molecule has 5 N–H and O–H groups in total. The van der Waals surface area contributed by atoms with Crippen LogP contribution < -0.4 is 30.5 Å². The number of phosphoric ester groups is 1. The van der Waals surface area contributed by atoms with Crippen LogP contribution in [0.3, 0.4) is 0 Å². The number of aliphatic hydroxyl groups excluding tert-OH is 2. The van der Waals surface area contributed by atoms with Crippen LogP contribution in [0.25, 0.3) is 11.2 Å². The molecule has 29 heavy (non-hydrogen) atoms. The Morgan fingerprint density at radius 3 is 2.72 bits per heavy atom. The second kappa shape index (κ2) is 7.76. The Morgan fingerprint density at radius 1 is 1.45 bits per heavy atom. The predicted octanol–water partition coefficient (Wildman–Crippen LogP) is -4.80. The molecule has 1 aliphatic rings. The van der Waals surface area contributed by atoms with Crippen molar-refractivity contribution >= 4 is 43.5 Å². The zero-order valence-corrected chi connectivity index (χ0v) is 17.1. The second-order valence-electron chi connectivity index (χ2n) is 6.08. The Morgan fingerprint density at radius 2 is 2.10 bits per heavy atom. The van der Waals surface area contributed by atoms with Crippen molar-refractivity contribution in [1.82, 2.24) is 14.5 Å². The summed E-state index contributed by atoms with van der Waals surface area (Å²) in [5.41, 5.74) is 5.11. The van der Waals surface area contributed by atoms with Crippen LogP contribution in [0.2, 0.25) is 0 Å². The van der Waals surface area contributed by atoms with Gasteiger partial charge in [-0.3, -0.25) is 18.9 Å². The number of imidazole rings is 1. The normalized spacial score (nSPS) is 27.4. The number of aryl methyl sites for hydroxylation is 1. The molecular formula is C11H15N5O10P2S-2. The summed E-state index contributed by atoms with van der Waals surface area (Å²) in [5.74, 6) is -0.203. The summed E-state index contributed by atoms with van der Waals surface area (Å²) in [4.78, 5) is 51.4. The first kappa shape index (κ1) is 22.4. The fraction of sp³-hybridized carbons (Fsp3) is 0.545. The maximum atomic E-state index is 12.1. The summed E-state index contributed by atoms with van der Waals surface area (Å²) in [5, 5.41) is 20.5. The molecule has 18 heteroatoms. The average Bonchev–Trinajstić information content (AvgIpc) is 3.01. The highest BCUT2D eigenvalue weighted by molar-refractivity contribution is 8.06. The standard InChI is InChI=1S/C11H17N5O10P2S/c1-15-3-16(8-5(15)9(19)14-11(12)13-8)10-7(18)6(17)4(25-10)2-24-27(20,21)26-28(22,23)29/h3-4,6-7,10,17-18H,2H2,1H3,(H5-,12,13,14,19,20,21,22,23,29)/p-2/t4-,6-,7-,10-/m1/s1. The summed E-state index contributed by atoms with van der Waals surface area (Å²) >= 11 is 3.83. The highest BCUT2D eigenvalue weighted by Gasteiger charge is 2.47. The largest absolute Gasteiger partial charge is 0.812 e. The molecular weight excluding hydrogens is 456 g/mol. The van der Waals surface area contributed by atoms with E-state index >= 15 is 0 Å². The first-order valence-corrected chi connectivity index (χ1v) is 11.8. The third-order valence-corrected chi connectivity index (χ3v) is 6.66. The van der Waals surface area contributed by atoms with Crippen molar-refractivity contribution < 1.29 is 47.6 Å². The molecule has 1 unspecified atom stereocenters. The third kappa shape index (κ3) is 4.73. The average molecular weight is 471 g/mol. The molecule has 1 fully saturated rings. The van der Waals surface area contributed by atoms with Gasteiger partial charge < -0.3 is 44.2 Å². The van der Waals surface area contributed by atoms with Gasteiger partial charge in [0.1, 0.15) is 18.3 Å². The first-order valence-electron chi connectivity index (χ1n) is 7.75. The molecule has 5 atom stereocenters. The second-order valence-corrected chi connectivity index (χ2v) is 10.1. The molecule has 1 saturated heterocycles. The summed E-state index contributed by atoms with van der Waals surface area (Å²) in [6.45, 7) is -5.93. The zero-order chi connectivity index (χ0) is 21.7. The Bertz CT molecular complexity index is 1080. The van der Waals surface area contributed by atoms with Gasteiger partial charge in [-0.25, -0.2) is 4.57 Å². The lowest BCUT2D eigenvalue weighted by Gasteiger charge is -2.39. The highest BCUT2D eigenvalue weighted by Crippen LogP contribution is 2.50. The zero-order valence-electron chi connectivity index (χ0n) is 14.5. The number of hydrogen-bond donors (Lipinski definition) is 4. The molecule has 162 valence electrons. The van der Waals surface area contributed by atoms with Crippen LogP contribution in [0, 0.1) is 0 Å². The number of nitrogens with two attached hydrogens (primary N) is 1. The molecule has 0 aliphatic carbocycles. The molecule has 0 amide bonds. The van der Waals surface area contributed by atoms with Gasteiger partial charge in [0.05, 0.1) is 13.7 Å². The van der Waals surface area contributed by atoms with Crippen molar-refractivity contribution in [3.8, 4) is 0 Å². The number of aliphatic hydroxyl groups is 2. The van der Waals surface area contributed by atoms with Crippen molar-refractivity contribution in [1.29, 1.82) is 0 Å². The van der Waals surface area contributed by atoms with Crippen LogP contribution in [0.1, 0.15) is 6.23 Å². The van der Waals surface area contributed by atoms with Gasteiger partial charge in [0.25, 0.3) is 19.3 Å². The van der Waals surface area contributed by atoms with Crippen molar-refractivity contribution in [3.05, 3.63) is 16.7 Å². The van der Waals surface area contributed by atoms with E-state index in [2.05, 4.69) is 30.6 Å². The van der Waals surface area contributed by atoms with E-state index in [-0.39, 0.29) is 17.1 Å². The Labute approximate surface area is 166 Å². The summed E-state index contributed by atoms with van der Waals surface area (Å²) < 4.78 is 27.5. The number of nitrogens with one attached hydrogen (secondary N) is 1. The molecule has 0 bridgehead atoms. The minimum Gasteiger partial charge on any atom is -0.812 e. The van der Waals surface area contributed by atoms with Crippen LogP contribution in [-0.4, -0.2) is 49.7 Å². The number of anilines is 1.